The first kappa shape index (κ1) is 15.9. The molecule has 1 heterocycles. The first-order valence-corrected chi connectivity index (χ1v) is 7.76. The maximum absolute atomic E-state index is 13.1. The normalized spacial score (nSPS) is 10.4. The number of carbonyl (C=O) groups is 1. The quantitative estimate of drug-likeness (QED) is 0.685. The second kappa shape index (κ2) is 7.51. The van der Waals surface area contributed by atoms with Crippen molar-refractivity contribution < 1.29 is 13.9 Å². The standard InChI is InChI=1S/C20H19NO3/c1-23-19-12-6-5-11-18(19)20(22)21(15-17-10-7-13-24-17)14-16-8-3-2-4-9-16/h2-13H,14-15H2,1H3. The van der Waals surface area contributed by atoms with E-state index in [2.05, 4.69) is 0 Å². The Morgan fingerprint density at radius 3 is 2.42 bits per heavy atom. The fourth-order valence-electron chi connectivity index (χ4n) is 2.59. The van der Waals surface area contributed by atoms with Gasteiger partial charge < -0.3 is 14.1 Å². The summed E-state index contributed by atoms with van der Waals surface area (Å²) in [6.45, 7) is 0.900. The van der Waals surface area contributed by atoms with Gasteiger partial charge in [0.2, 0.25) is 0 Å². The molecule has 3 rings (SSSR count). The molecule has 0 radical (unpaired) electrons. The largest absolute Gasteiger partial charge is 0.496 e. The molecule has 0 saturated carbocycles. The maximum atomic E-state index is 13.1. The van der Waals surface area contributed by atoms with E-state index in [0.29, 0.717) is 24.4 Å². The number of nitrogens with zero attached hydrogens (tertiary/aromatic N) is 1. The number of ether oxygens (including phenoxy) is 1. The smallest absolute Gasteiger partial charge is 0.258 e. The highest BCUT2D eigenvalue weighted by Crippen LogP contribution is 2.22. The third-order valence-electron chi connectivity index (χ3n) is 3.77. The zero-order chi connectivity index (χ0) is 16.8. The van der Waals surface area contributed by atoms with Crippen LogP contribution in [0.2, 0.25) is 0 Å². The predicted molar refractivity (Wildman–Crippen MR) is 91.7 cm³/mol. The van der Waals surface area contributed by atoms with E-state index < -0.39 is 0 Å². The van der Waals surface area contributed by atoms with Crippen LogP contribution in [-0.4, -0.2) is 17.9 Å². The van der Waals surface area contributed by atoms with Crippen LogP contribution in [0, 0.1) is 0 Å². The molecule has 0 unspecified atom stereocenters. The van der Waals surface area contributed by atoms with Gasteiger partial charge in [-0.25, -0.2) is 0 Å². The molecule has 0 aliphatic carbocycles. The van der Waals surface area contributed by atoms with Crippen molar-refractivity contribution in [2.75, 3.05) is 7.11 Å². The van der Waals surface area contributed by atoms with Crippen LogP contribution < -0.4 is 4.74 Å². The Morgan fingerprint density at radius 2 is 1.71 bits per heavy atom. The first-order valence-electron chi connectivity index (χ1n) is 7.76. The molecule has 0 bridgehead atoms. The number of furan rings is 1. The number of hydrogen-bond donors (Lipinski definition) is 0. The van der Waals surface area contributed by atoms with E-state index in [1.165, 1.54) is 0 Å². The summed E-state index contributed by atoms with van der Waals surface area (Å²) in [6.07, 6.45) is 1.61. The van der Waals surface area contributed by atoms with Crippen molar-refractivity contribution in [2.24, 2.45) is 0 Å². The Balaban J connectivity index is 1.89. The monoisotopic (exact) mass is 321 g/mol. The van der Waals surface area contributed by atoms with Gasteiger partial charge in [-0.3, -0.25) is 4.79 Å². The van der Waals surface area contributed by atoms with Crippen LogP contribution >= 0.6 is 0 Å². The van der Waals surface area contributed by atoms with Crippen molar-refractivity contribution in [3.8, 4) is 5.75 Å². The third-order valence-corrected chi connectivity index (χ3v) is 3.77. The summed E-state index contributed by atoms with van der Waals surface area (Å²) in [7, 11) is 1.57. The number of methoxy groups -OCH3 is 1. The van der Waals surface area contributed by atoms with Gasteiger partial charge in [0.15, 0.2) is 0 Å². The third kappa shape index (κ3) is 3.66. The van der Waals surface area contributed by atoms with Crippen molar-refractivity contribution in [1.82, 2.24) is 4.90 Å². The topological polar surface area (TPSA) is 42.7 Å². The number of amides is 1. The number of para-hydroxylation sites is 1. The van der Waals surface area contributed by atoms with E-state index in [4.69, 9.17) is 9.15 Å². The lowest BCUT2D eigenvalue weighted by molar-refractivity contribution is 0.0714. The van der Waals surface area contributed by atoms with Gasteiger partial charge >= 0.3 is 0 Å². The van der Waals surface area contributed by atoms with Gasteiger partial charge in [0.25, 0.3) is 5.91 Å². The van der Waals surface area contributed by atoms with Crippen LogP contribution in [0.4, 0.5) is 0 Å². The highest BCUT2D eigenvalue weighted by molar-refractivity contribution is 5.96. The number of carbonyl (C=O) groups excluding carboxylic acids is 1. The van der Waals surface area contributed by atoms with Crippen LogP contribution in [-0.2, 0) is 13.1 Å². The van der Waals surface area contributed by atoms with E-state index in [9.17, 15) is 4.79 Å². The first-order chi connectivity index (χ1) is 11.8. The van der Waals surface area contributed by atoms with Gasteiger partial charge in [-0.2, -0.15) is 0 Å². The summed E-state index contributed by atoms with van der Waals surface area (Å²) >= 11 is 0. The van der Waals surface area contributed by atoms with Gasteiger partial charge in [-0.15, -0.1) is 0 Å². The summed E-state index contributed by atoms with van der Waals surface area (Å²) in [4.78, 5) is 14.8. The molecule has 4 heteroatoms. The van der Waals surface area contributed by atoms with E-state index in [1.54, 1.807) is 30.4 Å². The second-order valence-electron chi connectivity index (χ2n) is 5.43. The highest BCUT2D eigenvalue weighted by Gasteiger charge is 2.20. The zero-order valence-electron chi connectivity index (χ0n) is 13.5. The number of benzene rings is 2. The van der Waals surface area contributed by atoms with Crippen molar-refractivity contribution in [2.45, 2.75) is 13.1 Å². The average molecular weight is 321 g/mol. The fourth-order valence-corrected chi connectivity index (χ4v) is 2.59. The minimum absolute atomic E-state index is 0.0901. The van der Waals surface area contributed by atoms with Crippen molar-refractivity contribution in [1.29, 1.82) is 0 Å². The van der Waals surface area contributed by atoms with Gasteiger partial charge in [0.1, 0.15) is 11.5 Å². The molecule has 0 aliphatic heterocycles. The minimum atomic E-state index is -0.0901. The number of rotatable bonds is 6. The maximum Gasteiger partial charge on any atom is 0.258 e. The lowest BCUT2D eigenvalue weighted by atomic mass is 10.1. The number of hydrogen-bond acceptors (Lipinski definition) is 3. The van der Waals surface area contributed by atoms with Crippen molar-refractivity contribution in [3.63, 3.8) is 0 Å². The molecule has 1 amide bonds. The molecule has 0 N–H and O–H groups in total. The zero-order valence-corrected chi connectivity index (χ0v) is 13.5. The summed E-state index contributed by atoms with van der Waals surface area (Å²) in [5.74, 6) is 1.22. The van der Waals surface area contributed by atoms with Crippen LogP contribution in [0.25, 0.3) is 0 Å². The molecule has 0 saturated heterocycles. The highest BCUT2D eigenvalue weighted by atomic mass is 16.5. The Hall–Kier alpha value is -3.01. The molecular formula is C20H19NO3. The molecule has 4 nitrogen and oxygen atoms in total. The molecule has 0 fully saturated rings. The van der Waals surface area contributed by atoms with Crippen LogP contribution in [0.5, 0.6) is 5.75 Å². The van der Waals surface area contributed by atoms with Gasteiger partial charge in [0.05, 0.1) is 25.5 Å². The molecule has 0 spiro atoms. The summed E-state index contributed by atoms with van der Waals surface area (Å²) < 4.78 is 10.8. The lowest BCUT2D eigenvalue weighted by Crippen LogP contribution is -2.30. The van der Waals surface area contributed by atoms with Crippen molar-refractivity contribution >= 4 is 5.91 Å². The molecule has 2 aromatic carbocycles. The Morgan fingerprint density at radius 1 is 0.958 bits per heavy atom. The summed E-state index contributed by atoms with van der Waals surface area (Å²) in [5.41, 5.74) is 1.61. The second-order valence-corrected chi connectivity index (χ2v) is 5.43. The van der Waals surface area contributed by atoms with Gasteiger partial charge in [-0.1, -0.05) is 42.5 Å². The lowest BCUT2D eigenvalue weighted by Gasteiger charge is -2.23. The Bertz CT molecular complexity index is 782. The molecule has 24 heavy (non-hydrogen) atoms. The van der Waals surface area contributed by atoms with E-state index in [0.717, 1.165) is 11.3 Å². The Kier molecular flexibility index (Phi) is 4.96. The van der Waals surface area contributed by atoms with Gasteiger partial charge in [0, 0.05) is 6.54 Å². The minimum Gasteiger partial charge on any atom is -0.496 e. The molecular weight excluding hydrogens is 302 g/mol. The summed E-state index contributed by atoms with van der Waals surface area (Å²) in [6, 6.07) is 20.9. The molecule has 3 aromatic rings. The Labute approximate surface area is 141 Å². The van der Waals surface area contributed by atoms with Gasteiger partial charge in [-0.05, 0) is 29.8 Å². The average Bonchev–Trinajstić information content (AvgIpc) is 3.14. The summed E-state index contributed by atoms with van der Waals surface area (Å²) in [5, 5.41) is 0. The van der Waals surface area contributed by atoms with Crippen molar-refractivity contribution in [3.05, 3.63) is 89.9 Å². The van der Waals surface area contributed by atoms with E-state index in [1.807, 2.05) is 54.6 Å². The predicted octanol–water partition coefficient (Wildman–Crippen LogP) is 4.13. The SMILES string of the molecule is COc1ccccc1C(=O)N(Cc1ccccc1)Cc1ccco1. The molecule has 1 aromatic heterocycles. The molecule has 122 valence electrons. The van der Waals surface area contributed by atoms with Crippen LogP contribution in [0.3, 0.4) is 0 Å². The van der Waals surface area contributed by atoms with E-state index >= 15 is 0 Å². The molecule has 0 atom stereocenters. The molecule has 0 aliphatic rings. The van der Waals surface area contributed by atoms with Crippen LogP contribution in [0.15, 0.2) is 77.4 Å². The van der Waals surface area contributed by atoms with E-state index in [-0.39, 0.29) is 5.91 Å². The fraction of sp³-hybridized carbons (Fsp3) is 0.150. The van der Waals surface area contributed by atoms with Crippen LogP contribution in [0.1, 0.15) is 21.7 Å².